The molecule has 10 nitrogen and oxygen atoms in total. The Kier molecular flexibility index (Phi) is 8.81. The fourth-order valence-corrected chi connectivity index (χ4v) is 4.85. The van der Waals surface area contributed by atoms with E-state index in [-0.39, 0.29) is 40.9 Å². The van der Waals surface area contributed by atoms with Crippen molar-refractivity contribution in [3.05, 3.63) is 29.8 Å². The van der Waals surface area contributed by atoms with Crippen molar-refractivity contribution >= 4 is 27.9 Å². The summed E-state index contributed by atoms with van der Waals surface area (Å²) in [7, 11) is -3.72. The van der Waals surface area contributed by atoms with Gasteiger partial charge in [-0.1, -0.05) is 0 Å². The molecule has 33 heavy (non-hydrogen) atoms. The standard InChI is InChI=1S/C22H30N2O8S/c1-2-30-21(26)17-9-11-24(12-10-17)20(25)15-32-22(27)16-5-7-19(8-6-16)33(28,29)23-14-18-4-3-13-31-18/h5-8,17-18,23H,2-4,9-15H2,1H3. The van der Waals surface area contributed by atoms with Gasteiger partial charge in [-0.05, 0) is 56.9 Å². The van der Waals surface area contributed by atoms with Gasteiger partial charge in [0.1, 0.15) is 0 Å². The Morgan fingerprint density at radius 2 is 1.79 bits per heavy atom. The Bertz CT molecular complexity index is 934. The minimum Gasteiger partial charge on any atom is -0.466 e. The highest BCUT2D eigenvalue weighted by atomic mass is 32.2. The molecule has 11 heteroatoms. The average molecular weight is 483 g/mol. The van der Waals surface area contributed by atoms with Gasteiger partial charge in [-0.25, -0.2) is 17.9 Å². The summed E-state index contributed by atoms with van der Waals surface area (Å²) < 4.78 is 42.8. The lowest BCUT2D eigenvalue weighted by Crippen LogP contribution is -2.42. The molecule has 1 atom stereocenters. The number of hydrogen-bond acceptors (Lipinski definition) is 8. The van der Waals surface area contributed by atoms with Crippen LogP contribution in [0.1, 0.15) is 43.0 Å². The third-order valence-electron chi connectivity index (χ3n) is 5.72. The maximum absolute atomic E-state index is 12.4. The molecule has 0 saturated carbocycles. The van der Waals surface area contributed by atoms with Crippen LogP contribution in [0.3, 0.4) is 0 Å². The van der Waals surface area contributed by atoms with Gasteiger partial charge in [0, 0.05) is 26.2 Å². The van der Waals surface area contributed by atoms with Gasteiger partial charge in [-0.2, -0.15) is 0 Å². The SMILES string of the molecule is CCOC(=O)C1CCN(C(=O)COC(=O)c2ccc(S(=O)(=O)NCC3CCCO3)cc2)CC1. The zero-order valence-corrected chi connectivity index (χ0v) is 19.5. The number of sulfonamides is 1. The van der Waals surface area contributed by atoms with Gasteiger partial charge in [0.15, 0.2) is 6.61 Å². The first-order valence-corrected chi connectivity index (χ1v) is 12.6. The summed E-state index contributed by atoms with van der Waals surface area (Å²) in [4.78, 5) is 38.0. The van der Waals surface area contributed by atoms with Crippen molar-refractivity contribution in [2.45, 2.75) is 43.6 Å². The lowest BCUT2D eigenvalue weighted by atomic mass is 9.97. The molecule has 1 aromatic rings. The van der Waals surface area contributed by atoms with Crippen LogP contribution in [0.25, 0.3) is 0 Å². The predicted molar refractivity (Wildman–Crippen MR) is 117 cm³/mol. The molecule has 0 aromatic heterocycles. The normalized spacial score (nSPS) is 19.3. The molecule has 1 N–H and O–H groups in total. The fraction of sp³-hybridized carbons (Fsp3) is 0.591. The van der Waals surface area contributed by atoms with E-state index in [9.17, 15) is 22.8 Å². The molecule has 2 heterocycles. The second-order valence-corrected chi connectivity index (χ2v) is 9.76. The monoisotopic (exact) mass is 482 g/mol. The third kappa shape index (κ3) is 6.99. The number of nitrogens with one attached hydrogen (secondary N) is 1. The number of nitrogens with zero attached hydrogens (tertiary/aromatic N) is 1. The molecule has 0 radical (unpaired) electrons. The molecule has 0 spiro atoms. The van der Waals surface area contributed by atoms with E-state index >= 15 is 0 Å². The Morgan fingerprint density at radius 1 is 1.09 bits per heavy atom. The van der Waals surface area contributed by atoms with E-state index in [4.69, 9.17) is 14.2 Å². The molecular formula is C22H30N2O8S. The van der Waals surface area contributed by atoms with Crippen LogP contribution < -0.4 is 4.72 Å². The first-order chi connectivity index (χ1) is 15.8. The van der Waals surface area contributed by atoms with Crippen molar-refractivity contribution in [2.75, 3.05) is 39.5 Å². The van der Waals surface area contributed by atoms with Gasteiger partial charge in [0.25, 0.3) is 5.91 Å². The van der Waals surface area contributed by atoms with Crippen LogP contribution in [0, 0.1) is 5.92 Å². The summed E-state index contributed by atoms with van der Waals surface area (Å²) in [5.74, 6) is -1.53. The summed E-state index contributed by atoms with van der Waals surface area (Å²) in [5, 5.41) is 0. The molecule has 1 amide bonds. The molecule has 2 saturated heterocycles. The van der Waals surface area contributed by atoms with Gasteiger partial charge in [-0.15, -0.1) is 0 Å². The highest BCUT2D eigenvalue weighted by Crippen LogP contribution is 2.19. The van der Waals surface area contributed by atoms with Gasteiger partial charge in [0.2, 0.25) is 10.0 Å². The molecule has 2 fully saturated rings. The van der Waals surface area contributed by atoms with Crippen LogP contribution in [0.4, 0.5) is 0 Å². The Morgan fingerprint density at radius 3 is 2.39 bits per heavy atom. The van der Waals surface area contributed by atoms with E-state index in [1.807, 2.05) is 0 Å². The van der Waals surface area contributed by atoms with E-state index in [0.29, 0.717) is 39.1 Å². The highest BCUT2D eigenvalue weighted by Gasteiger charge is 2.28. The highest BCUT2D eigenvalue weighted by molar-refractivity contribution is 7.89. The zero-order valence-electron chi connectivity index (χ0n) is 18.7. The number of ether oxygens (including phenoxy) is 3. The summed E-state index contributed by atoms with van der Waals surface area (Å²) in [5.41, 5.74) is 0.141. The minimum absolute atomic E-state index is 0.0256. The number of amides is 1. The zero-order chi connectivity index (χ0) is 23.8. The van der Waals surface area contributed by atoms with Gasteiger partial charge >= 0.3 is 11.9 Å². The second-order valence-electron chi connectivity index (χ2n) is 7.99. The number of rotatable bonds is 9. The van der Waals surface area contributed by atoms with Crippen LogP contribution in [0.2, 0.25) is 0 Å². The quantitative estimate of drug-likeness (QED) is 0.518. The smallest absolute Gasteiger partial charge is 0.338 e. The largest absolute Gasteiger partial charge is 0.466 e. The number of benzene rings is 1. The van der Waals surface area contributed by atoms with E-state index in [2.05, 4.69) is 4.72 Å². The lowest BCUT2D eigenvalue weighted by molar-refractivity contribution is -0.151. The van der Waals surface area contributed by atoms with Crippen molar-refractivity contribution in [1.82, 2.24) is 9.62 Å². The van der Waals surface area contributed by atoms with E-state index in [1.54, 1.807) is 11.8 Å². The van der Waals surface area contributed by atoms with Crippen molar-refractivity contribution < 1.29 is 37.0 Å². The number of esters is 2. The van der Waals surface area contributed by atoms with Gasteiger partial charge in [0.05, 0.1) is 29.1 Å². The Balaban J connectivity index is 1.44. The van der Waals surface area contributed by atoms with E-state index < -0.39 is 22.6 Å². The number of likely N-dealkylation sites (tertiary alicyclic amines) is 1. The first-order valence-electron chi connectivity index (χ1n) is 11.1. The van der Waals surface area contributed by atoms with E-state index in [0.717, 1.165) is 12.8 Å². The molecule has 3 rings (SSSR count). The molecule has 2 aliphatic rings. The molecule has 0 aliphatic carbocycles. The lowest BCUT2D eigenvalue weighted by Gasteiger charge is -2.30. The molecule has 1 aromatic carbocycles. The first kappa shape index (κ1) is 25.1. The Hall–Kier alpha value is -2.50. The topological polar surface area (TPSA) is 128 Å². The number of carbonyl (C=O) groups excluding carboxylic acids is 3. The predicted octanol–water partition coefficient (Wildman–Crippen LogP) is 1.10. The molecular weight excluding hydrogens is 452 g/mol. The number of piperidine rings is 1. The summed E-state index contributed by atoms with van der Waals surface area (Å²) >= 11 is 0. The van der Waals surface area contributed by atoms with Crippen LogP contribution in [-0.4, -0.2) is 76.7 Å². The minimum atomic E-state index is -3.72. The summed E-state index contributed by atoms with van der Waals surface area (Å²) in [6.07, 6.45) is 2.63. The van der Waals surface area contributed by atoms with Crippen LogP contribution in [0.5, 0.6) is 0 Å². The Labute approximate surface area is 193 Å². The molecule has 1 unspecified atom stereocenters. The second kappa shape index (κ2) is 11.6. The van der Waals surface area contributed by atoms with Crippen molar-refractivity contribution in [2.24, 2.45) is 5.92 Å². The molecule has 0 bridgehead atoms. The van der Waals surface area contributed by atoms with Gasteiger partial charge < -0.3 is 19.1 Å². The van der Waals surface area contributed by atoms with E-state index in [1.165, 1.54) is 24.3 Å². The van der Waals surface area contributed by atoms with Crippen molar-refractivity contribution in [3.63, 3.8) is 0 Å². The third-order valence-corrected chi connectivity index (χ3v) is 7.16. The van der Waals surface area contributed by atoms with Crippen molar-refractivity contribution in [3.8, 4) is 0 Å². The summed E-state index contributed by atoms with van der Waals surface area (Å²) in [6.45, 7) is 3.28. The molecule has 2 aliphatic heterocycles. The van der Waals surface area contributed by atoms with Crippen molar-refractivity contribution in [1.29, 1.82) is 0 Å². The van der Waals surface area contributed by atoms with Crippen LogP contribution in [-0.2, 0) is 33.8 Å². The maximum Gasteiger partial charge on any atom is 0.338 e. The summed E-state index contributed by atoms with van der Waals surface area (Å²) in [6, 6.07) is 5.32. The average Bonchev–Trinajstić information content (AvgIpc) is 3.35. The number of carbonyl (C=O) groups is 3. The number of hydrogen-bond donors (Lipinski definition) is 1. The van der Waals surface area contributed by atoms with Crippen LogP contribution in [0.15, 0.2) is 29.2 Å². The molecule has 182 valence electrons. The maximum atomic E-state index is 12.4. The van der Waals surface area contributed by atoms with Gasteiger partial charge in [-0.3, -0.25) is 9.59 Å². The fourth-order valence-electron chi connectivity index (χ4n) is 3.79. The van der Waals surface area contributed by atoms with Crippen LogP contribution >= 0.6 is 0 Å².